The molecule has 4 nitrogen and oxygen atoms in total. The average molecular weight is 292 g/mol. The Morgan fingerprint density at radius 1 is 1.42 bits per heavy atom. The maximum atomic E-state index is 11.6. The number of rotatable bonds is 3. The molecule has 0 fully saturated rings. The first kappa shape index (κ1) is 13.4. The molecule has 0 atom stereocenters. The van der Waals surface area contributed by atoms with Crippen LogP contribution in [0.15, 0.2) is 35.7 Å². The number of hydrogen-bond acceptors (Lipinski definition) is 3. The van der Waals surface area contributed by atoms with Gasteiger partial charge in [0.05, 0.1) is 17.1 Å². The van der Waals surface area contributed by atoms with E-state index >= 15 is 0 Å². The normalized spacial score (nSPS) is 9.68. The summed E-state index contributed by atoms with van der Waals surface area (Å²) >= 11 is 7.46. The Balaban J connectivity index is 1.92. The molecule has 2 aromatic rings. The van der Waals surface area contributed by atoms with Crippen LogP contribution >= 0.6 is 22.9 Å². The summed E-state index contributed by atoms with van der Waals surface area (Å²) in [5, 5.41) is 16.4. The van der Waals surface area contributed by atoms with Gasteiger partial charge in [-0.2, -0.15) is 5.26 Å². The first-order chi connectivity index (χ1) is 9.19. The van der Waals surface area contributed by atoms with Gasteiger partial charge in [-0.05, 0) is 29.6 Å². The molecule has 2 N–H and O–H groups in total. The van der Waals surface area contributed by atoms with Crippen molar-refractivity contribution >= 4 is 34.7 Å². The maximum Gasteiger partial charge on any atom is 0.319 e. The molecule has 0 radical (unpaired) electrons. The Morgan fingerprint density at radius 2 is 2.26 bits per heavy atom. The molecular weight excluding hydrogens is 282 g/mol. The molecule has 0 saturated carbocycles. The third-order valence-corrected chi connectivity index (χ3v) is 3.54. The summed E-state index contributed by atoms with van der Waals surface area (Å²) in [5.41, 5.74) is 0.930. The second-order valence-electron chi connectivity index (χ2n) is 3.69. The smallest absolute Gasteiger partial charge is 0.319 e. The minimum atomic E-state index is -0.311. The summed E-state index contributed by atoms with van der Waals surface area (Å²) in [7, 11) is 0. The van der Waals surface area contributed by atoms with Crippen molar-refractivity contribution in [2.24, 2.45) is 0 Å². The van der Waals surface area contributed by atoms with Crippen LogP contribution in [0.5, 0.6) is 0 Å². The molecule has 0 aliphatic rings. The van der Waals surface area contributed by atoms with Gasteiger partial charge in [0.2, 0.25) is 0 Å². The monoisotopic (exact) mass is 291 g/mol. The molecule has 2 amide bonds. The zero-order chi connectivity index (χ0) is 13.7. The molecule has 19 heavy (non-hydrogen) atoms. The predicted octanol–water partition coefficient (Wildman–Crippen LogP) is 3.59. The van der Waals surface area contributed by atoms with Crippen molar-refractivity contribution in [1.82, 2.24) is 5.32 Å². The maximum absolute atomic E-state index is 11.6. The van der Waals surface area contributed by atoms with Gasteiger partial charge < -0.3 is 10.6 Å². The van der Waals surface area contributed by atoms with Crippen molar-refractivity contribution in [3.05, 3.63) is 51.2 Å². The van der Waals surface area contributed by atoms with Crippen molar-refractivity contribution in [2.45, 2.75) is 6.54 Å². The molecule has 1 heterocycles. The predicted molar refractivity (Wildman–Crippen MR) is 76.3 cm³/mol. The number of anilines is 1. The van der Waals surface area contributed by atoms with Crippen LogP contribution in [0.1, 0.15) is 10.4 Å². The first-order valence-electron chi connectivity index (χ1n) is 5.46. The Bertz CT molecular complexity index is 619. The number of halogens is 1. The van der Waals surface area contributed by atoms with Gasteiger partial charge in [0.25, 0.3) is 0 Å². The van der Waals surface area contributed by atoms with Crippen molar-refractivity contribution in [1.29, 1.82) is 5.26 Å². The van der Waals surface area contributed by atoms with Crippen LogP contribution < -0.4 is 10.6 Å². The van der Waals surface area contributed by atoms with Crippen LogP contribution in [-0.2, 0) is 6.54 Å². The third-order valence-electron chi connectivity index (χ3n) is 2.35. The minimum absolute atomic E-state index is 0.311. The molecule has 0 aliphatic carbocycles. The van der Waals surface area contributed by atoms with E-state index in [0.29, 0.717) is 22.8 Å². The number of nitriles is 1. The van der Waals surface area contributed by atoms with E-state index in [1.807, 2.05) is 23.6 Å². The number of hydrogen-bond donors (Lipinski definition) is 2. The fourth-order valence-corrected chi connectivity index (χ4v) is 2.31. The van der Waals surface area contributed by atoms with Crippen molar-refractivity contribution in [3.8, 4) is 6.07 Å². The van der Waals surface area contributed by atoms with E-state index in [9.17, 15) is 4.79 Å². The molecular formula is C13H10ClN3OS. The largest absolute Gasteiger partial charge is 0.333 e. The average Bonchev–Trinajstić information content (AvgIpc) is 2.90. The highest BCUT2D eigenvalue weighted by Crippen LogP contribution is 2.20. The van der Waals surface area contributed by atoms with Gasteiger partial charge in [-0.1, -0.05) is 17.7 Å². The Labute approximate surface area is 119 Å². The summed E-state index contributed by atoms with van der Waals surface area (Å²) in [6.07, 6.45) is 0. The van der Waals surface area contributed by atoms with Crippen molar-refractivity contribution in [2.75, 3.05) is 5.32 Å². The van der Waals surface area contributed by atoms with E-state index in [0.717, 1.165) is 4.88 Å². The number of thiophene rings is 1. The summed E-state index contributed by atoms with van der Waals surface area (Å²) in [6.45, 7) is 0.480. The lowest BCUT2D eigenvalue weighted by Gasteiger charge is -2.07. The van der Waals surface area contributed by atoms with Crippen LogP contribution in [0.4, 0.5) is 10.5 Å². The number of amides is 2. The second-order valence-corrected chi connectivity index (χ2v) is 5.13. The van der Waals surface area contributed by atoms with Crippen LogP contribution in [0.25, 0.3) is 0 Å². The molecule has 6 heteroatoms. The molecule has 1 aromatic heterocycles. The Hall–Kier alpha value is -2.03. The van der Waals surface area contributed by atoms with Gasteiger partial charge in [0.1, 0.15) is 6.07 Å². The highest BCUT2D eigenvalue weighted by molar-refractivity contribution is 7.09. The van der Waals surface area contributed by atoms with Gasteiger partial charge in [-0.15, -0.1) is 11.3 Å². The molecule has 0 bridgehead atoms. The fourth-order valence-electron chi connectivity index (χ4n) is 1.44. The molecule has 0 spiro atoms. The molecule has 0 unspecified atom stereocenters. The third kappa shape index (κ3) is 3.71. The number of urea groups is 1. The zero-order valence-electron chi connectivity index (χ0n) is 9.81. The van der Waals surface area contributed by atoms with Crippen LogP contribution in [0.3, 0.4) is 0 Å². The van der Waals surface area contributed by atoms with Gasteiger partial charge >= 0.3 is 6.03 Å². The molecule has 2 rings (SSSR count). The standard InChI is InChI=1S/C13H10ClN3OS/c14-12-6-10(4-3-9(12)7-15)17-13(18)16-8-11-2-1-5-19-11/h1-6H,8H2,(H2,16,17,18). The van der Waals surface area contributed by atoms with Crippen molar-refractivity contribution in [3.63, 3.8) is 0 Å². The van der Waals surface area contributed by atoms with Crippen LogP contribution in [0, 0.1) is 11.3 Å². The fraction of sp³-hybridized carbons (Fsp3) is 0.0769. The van der Waals surface area contributed by atoms with Crippen molar-refractivity contribution < 1.29 is 4.79 Å². The number of benzene rings is 1. The summed E-state index contributed by atoms with van der Waals surface area (Å²) < 4.78 is 0. The molecule has 96 valence electrons. The van der Waals surface area contributed by atoms with E-state index in [1.54, 1.807) is 29.5 Å². The van der Waals surface area contributed by atoms with Crippen LogP contribution in [-0.4, -0.2) is 6.03 Å². The lowest BCUT2D eigenvalue weighted by molar-refractivity contribution is 0.252. The van der Waals surface area contributed by atoms with Gasteiger partial charge in [-0.3, -0.25) is 0 Å². The number of nitrogens with one attached hydrogen (secondary N) is 2. The van der Waals surface area contributed by atoms with Gasteiger partial charge in [0.15, 0.2) is 0 Å². The highest BCUT2D eigenvalue weighted by Gasteiger charge is 2.05. The minimum Gasteiger partial charge on any atom is -0.333 e. The van der Waals surface area contributed by atoms with Gasteiger partial charge in [0, 0.05) is 10.6 Å². The highest BCUT2D eigenvalue weighted by atomic mass is 35.5. The van der Waals surface area contributed by atoms with E-state index in [4.69, 9.17) is 16.9 Å². The number of carbonyl (C=O) groups is 1. The lowest BCUT2D eigenvalue weighted by Crippen LogP contribution is -2.27. The van der Waals surface area contributed by atoms with E-state index < -0.39 is 0 Å². The summed E-state index contributed by atoms with van der Waals surface area (Å²) in [6, 6.07) is 10.3. The van der Waals surface area contributed by atoms with Crippen LogP contribution in [0.2, 0.25) is 5.02 Å². The Morgan fingerprint density at radius 3 is 2.89 bits per heavy atom. The number of carbonyl (C=O) groups excluding carboxylic acids is 1. The first-order valence-corrected chi connectivity index (χ1v) is 6.71. The topological polar surface area (TPSA) is 64.9 Å². The SMILES string of the molecule is N#Cc1ccc(NC(=O)NCc2cccs2)cc1Cl. The Kier molecular flexibility index (Phi) is 4.39. The lowest BCUT2D eigenvalue weighted by atomic mass is 10.2. The zero-order valence-corrected chi connectivity index (χ0v) is 11.4. The van der Waals surface area contributed by atoms with Gasteiger partial charge in [-0.25, -0.2) is 4.79 Å². The summed E-state index contributed by atoms with van der Waals surface area (Å²) in [4.78, 5) is 12.7. The van der Waals surface area contributed by atoms with E-state index in [-0.39, 0.29) is 6.03 Å². The molecule has 0 aliphatic heterocycles. The molecule has 1 aromatic carbocycles. The summed E-state index contributed by atoms with van der Waals surface area (Å²) in [5.74, 6) is 0. The quantitative estimate of drug-likeness (QED) is 0.907. The molecule has 0 saturated heterocycles. The second kappa shape index (κ2) is 6.23. The van der Waals surface area contributed by atoms with E-state index in [2.05, 4.69) is 10.6 Å². The number of nitrogens with zero attached hydrogens (tertiary/aromatic N) is 1. The van der Waals surface area contributed by atoms with E-state index in [1.165, 1.54) is 0 Å².